The number of carbonyl (C=O) groups is 1. The summed E-state index contributed by atoms with van der Waals surface area (Å²) < 4.78 is 1.62. The summed E-state index contributed by atoms with van der Waals surface area (Å²) in [4.78, 5) is 19.6. The number of carbonyl (C=O) groups excluding carboxylic acids is 1. The minimum absolute atomic E-state index is 0.0176. The van der Waals surface area contributed by atoms with Gasteiger partial charge in [0.15, 0.2) is 6.54 Å². The lowest BCUT2D eigenvalue weighted by Crippen LogP contribution is -3.28. The van der Waals surface area contributed by atoms with Crippen LogP contribution in [0.2, 0.25) is 5.02 Å². The highest BCUT2D eigenvalue weighted by molar-refractivity contribution is 6.31. The van der Waals surface area contributed by atoms with Gasteiger partial charge in [-0.05, 0) is 30.7 Å². The molecule has 2 aromatic carbocycles. The third-order valence-electron chi connectivity index (χ3n) is 5.67. The Morgan fingerprint density at radius 2 is 1.90 bits per heavy atom. The lowest BCUT2D eigenvalue weighted by Gasteiger charge is -2.29. The van der Waals surface area contributed by atoms with Crippen molar-refractivity contribution < 1.29 is 14.6 Å². The number of nitrogens with zero attached hydrogens (tertiary/aromatic N) is 3. The molecule has 1 aliphatic heterocycles. The number of hydrogen-bond acceptors (Lipinski definition) is 3. The minimum atomic E-state index is -0.0176. The van der Waals surface area contributed by atoms with Gasteiger partial charge in [0.05, 0.1) is 11.4 Å². The van der Waals surface area contributed by atoms with Crippen LogP contribution in [0.25, 0.3) is 5.69 Å². The van der Waals surface area contributed by atoms with Crippen LogP contribution in [0.5, 0.6) is 0 Å². The van der Waals surface area contributed by atoms with Crippen molar-refractivity contribution in [2.75, 3.05) is 38.0 Å². The molecule has 8 heteroatoms. The van der Waals surface area contributed by atoms with E-state index in [4.69, 9.17) is 11.6 Å². The lowest BCUT2D eigenvalue weighted by atomic mass is 10.1. The second-order valence-corrected chi connectivity index (χ2v) is 8.27. The average Bonchev–Trinajstić information content (AvgIpc) is 3.26. The third-order valence-corrected chi connectivity index (χ3v) is 5.91. The molecule has 0 bridgehead atoms. The molecular formula is C22H27ClN6O+2. The van der Waals surface area contributed by atoms with Crippen molar-refractivity contribution in [1.82, 2.24) is 14.8 Å². The highest BCUT2D eigenvalue weighted by Crippen LogP contribution is 2.23. The number of aryl methyl sites for hydroxylation is 1. The van der Waals surface area contributed by atoms with Crippen LogP contribution in [-0.2, 0) is 11.3 Å². The van der Waals surface area contributed by atoms with E-state index < -0.39 is 0 Å². The number of amides is 1. The van der Waals surface area contributed by atoms with Crippen molar-refractivity contribution in [3.8, 4) is 5.69 Å². The molecule has 0 atom stereocenters. The molecule has 1 saturated heterocycles. The maximum absolute atomic E-state index is 12.7. The van der Waals surface area contributed by atoms with Gasteiger partial charge in [-0.1, -0.05) is 35.9 Å². The molecule has 1 aliphatic rings. The standard InChI is InChI=1S/C22H25ClN6O/c1-17-4-2-3-5-18(17)13-27-8-10-28(11-9-27)14-22(30)26-20-12-19(23)6-7-21(20)29-16-24-15-25-29/h2-7,12,15-16H,8-11,13-14H2,1H3,(H,26,30)/p+2. The zero-order valence-corrected chi connectivity index (χ0v) is 17.8. The summed E-state index contributed by atoms with van der Waals surface area (Å²) in [7, 11) is 0. The molecule has 1 amide bonds. The van der Waals surface area contributed by atoms with E-state index in [1.807, 2.05) is 6.07 Å². The van der Waals surface area contributed by atoms with Gasteiger partial charge in [0.2, 0.25) is 0 Å². The Morgan fingerprint density at radius 3 is 2.63 bits per heavy atom. The molecule has 156 valence electrons. The Balaban J connectivity index is 1.32. The van der Waals surface area contributed by atoms with Crippen molar-refractivity contribution >= 4 is 23.2 Å². The summed E-state index contributed by atoms with van der Waals surface area (Å²) in [6, 6.07) is 13.9. The van der Waals surface area contributed by atoms with Crippen LogP contribution in [0.1, 0.15) is 11.1 Å². The maximum atomic E-state index is 12.7. The molecule has 1 aromatic heterocycles. The molecule has 2 heterocycles. The fourth-order valence-corrected chi connectivity index (χ4v) is 4.12. The number of piperazine rings is 1. The monoisotopic (exact) mass is 426 g/mol. The molecule has 3 N–H and O–H groups in total. The molecule has 7 nitrogen and oxygen atoms in total. The van der Waals surface area contributed by atoms with Crippen LogP contribution in [0.3, 0.4) is 0 Å². The predicted molar refractivity (Wildman–Crippen MR) is 116 cm³/mol. The number of halogens is 1. The highest BCUT2D eigenvalue weighted by atomic mass is 35.5. The largest absolute Gasteiger partial charge is 0.322 e. The molecule has 3 aromatic rings. The van der Waals surface area contributed by atoms with Gasteiger partial charge in [0, 0.05) is 10.6 Å². The van der Waals surface area contributed by atoms with Gasteiger partial charge >= 0.3 is 0 Å². The number of quaternary nitrogens is 2. The fraction of sp³-hybridized carbons (Fsp3) is 0.318. The van der Waals surface area contributed by atoms with Gasteiger partial charge in [-0.25, -0.2) is 9.67 Å². The molecular weight excluding hydrogens is 400 g/mol. The van der Waals surface area contributed by atoms with Crippen LogP contribution >= 0.6 is 11.6 Å². The van der Waals surface area contributed by atoms with Crippen LogP contribution in [0.4, 0.5) is 5.69 Å². The van der Waals surface area contributed by atoms with E-state index in [2.05, 4.69) is 46.6 Å². The van der Waals surface area contributed by atoms with Crippen molar-refractivity contribution in [3.63, 3.8) is 0 Å². The van der Waals surface area contributed by atoms with E-state index in [1.54, 1.807) is 28.0 Å². The molecule has 0 saturated carbocycles. The van der Waals surface area contributed by atoms with E-state index in [9.17, 15) is 4.79 Å². The second kappa shape index (κ2) is 9.38. The first kappa shape index (κ1) is 20.5. The normalized spacial score (nSPS) is 18.9. The molecule has 1 fully saturated rings. The van der Waals surface area contributed by atoms with Gasteiger partial charge in [0.25, 0.3) is 5.91 Å². The fourth-order valence-electron chi connectivity index (χ4n) is 3.95. The topological polar surface area (TPSA) is 68.7 Å². The first-order valence-electron chi connectivity index (χ1n) is 10.2. The molecule has 0 unspecified atom stereocenters. The van der Waals surface area contributed by atoms with E-state index in [-0.39, 0.29) is 5.91 Å². The summed E-state index contributed by atoms with van der Waals surface area (Å²) in [6.45, 7) is 7.78. The van der Waals surface area contributed by atoms with Gasteiger partial charge in [-0.2, -0.15) is 5.10 Å². The summed E-state index contributed by atoms with van der Waals surface area (Å²) in [6.07, 6.45) is 3.06. The number of aromatic nitrogens is 3. The average molecular weight is 427 g/mol. The summed E-state index contributed by atoms with van der Waals surface area (Å²) in [5.41, 5.74) is 4.15. The van der Waals surface area contributed by atoms with Crippen molar-refractivity contribution in [2.45, 2.75) is 13.5 Å². The Morgan fingerprint density at radius 1 is 1.13 bits per heavy atom. The van der Waals surface area contributed by atoms with E-state index >= 15 is 0 Å². The van der Waals surface area contributed by atoms with Gasteiger partial charge in [-0.3, -0.25) is 4.79 Å². The molecule has 0 spiro atoms. The maximum Gasteiger partial charge on any atom is 0.279 e. The van der Waals surface area contributed by atoms with E-state index in [1.165, 1.54) is 22.4 Å². The Hall–Kier alpha value is -2.74. The van der Waals surface area contributed by atoms with Crippen LogP contribution in [0.15, 0.2) is 55.1 Å². The van der Waals surface area contributed by atoms with Crippen molar-refractivity contribution in [3.05, 3.63) is 71.3 Å². The smallest absolute Gasteiger partial charge is 0.279 e. The first-order chi connectivity index (χ1) is 14.6. The second-order valence-electron chi connectivity index (χ2n) is 7.83. The molecule has 4 rings (SSSR count). The van der Waals surface area contributed by atoms with Gasteiger partial charge < -0.3 is 15.1 Å². The highest BCUT2D eigenvalue weighted by Gasteiger charge is 2.25. The zero-order chi connectivity index (χ0) is 20.9. The van der Waals surface area contributed by atoms with E-state index in [0.29, 0.717) is 17.3 Å². The number of benzene rings is 2. The van der Waals surface area contributed by atoms with Gasteiger partial charge in [0.1, 0.15) is 45.4 Å². The van der Waals surface area contributed by atoms with E-state index in [0.717, 1.165) is 38.4 Å². The van der Waals surface area contributed by atoms with Crippen molar-refractivity contribution in [1.29, 1.82) is 0 Å². The SMILES string of the molecule is Cc1ccccc1C[NH+]1CC[NH+](CC(=O)Nc2cc(Cl)ccc2-n2cncn2)CC1. The number of rotatable bonds is 6. The number of nitrogens with one attached hydrogen (secondary N) is 3. The predicted octanol–water partition coefficient (Wildman–Crippen LogP) is 0.151. The Labute approximate surface area is 181 Å². The quantitative estimate of drug-likeness (QED) is 0.525. The van der Waals surface area contributed by atoms with Crippen LogP contribution in [0, 0.1) is 6.92 Å². The minimum Gasteiger partial charge on any atom is -0.322 e. The number of anilines is 1. The van der Waals surface area contributed by atoms with Crippen LogP contribution in [-0.4, -0.2) is 53.4 Å². The zero-order valence-electron chi connectivity index (χ0n) is 17.1. The Bertz CT molecular complexity index is 999. The van der Waals surface area contributed by atoms with Gasteiger partial charge in [-0.15, -0.1) is 0 Å². The van der Waals surface area contributed by atoms with Crippen molar-refractivity contribution in [2.24, 2.45) is 0 Å². The third kappa shape index (κ3) is 5.05. The molecule has 0 aliphatic carbocycles. The molecule has 30 heavy (non-hydrogen) atoms. The molecule has 0 radical (unpaired) electrons. The summed E-state index contributed by atoms with van der Waals surface area (Å²) >= 11 is 6.14. The summed E-state index contributed by atoms with van der Waals surface area (Å²) in [5, 5.41) is 7.72. The Kier molecular flexibility index (Phi) is 6.42. The lowest BCUT2D eigenvalue weighted by molar-refractivity contribution is -1.02. The number of hydrogen-bond donors (Lipinski definition) is 3. The summed E-state index contributed by atoms with van der Waals surface area (Å²) in [5.74, 6) is -0.0176. The van der Waals surface area contributed by atoms with Crippen LogP contribution < -0.4 is 15.1 Å². The first-order valence-corrected chi connectivity index (χ1v) is 10.6.